The maximum atomic E-state index is 4.22. The minimum absolute atomic E-state index is 0.771. The van der Waals surface area contributed by atoms with Crippen LogP contribution in [0, 0.1) is 5.92 Å². The quantitative estimate of drug-likeness (QED) is 0.851. The molecule has 3 nitrogen and oxygen atoms in total. The molecule has 0 unspecified atom stereocenters. The Kier molecular flexibility index (Phi) is 4.16. The van der Waals surface area contributed by atoms with Crippen LogP contribution in [0.3, 0.4) is 0 Å². The molecule has 3 heteroatoms. The van der Waals surface area contributed by atoms with Gasteiger partial charge >= 0.3 is 0 Å². The van der Waals surface area contributed by atoms with Gasteiger partial charge in [0.15, 0.2) is 0 Å². The van der Waals surface area contributed by atoms with Crippen LogP contribution in [0.4, 0.5) is 0 Å². The number of nitrogens with zero attached hydrogens (tertiary/aromatic N) is 3. The topological polar surface area (TPSA) is 21.1 Å². The molecule has 0 aromatic carbocycles. The molecule has 0 bridgehead atoms. The standard InChI is InChI=1S/C17H23N3/c1-19-9-4-7-17(19)14-20-10-3-6-16(13-20)11-15-5-2-8-18-12-15/h2,4-5,7-9,12,16H,3,6,10-11,13-14H2,1H3/t16-/m0/s1. The molecule has 1 saturated heterocycles. The number of aryl methyl sites for hydroxylation is 1. The van der Waals surface area contributed by atoms with Crippen molar-refractivity contribution in [2.24, 2.45) is 13.0 Å². The van der Waals surface area contributed by atoms with Crippen molar-refractivity contribution in [3.8, 4) is 0 Å². The van der Waals surface area contributed by atoms with Crippen molar-refractivity contribution < 1.29 is 0 Å². The second kappa shape index (κ2) is 6.23. The molecule has 0 spiro atoms. The van der Waals surface area contributed by atoms with E-state index in [-0.39, 0.29) is 0 Å². The third-order valence-corrected chi connectivity index (χ3v) is 4.29. The number of likely N-dealkylation sites (tertiary alicyclic amines) is 1. The predicted octanol–water partition coefficient (Wildman–Crippen LogP) is 2.87. The summed E-state index contributed by atoms with van der Waals surface area (Å²) in [5, 5.41) is 0. The van der Waals surface area contributed by atoms with Gasteiger partial charge in [-0.3, -0.25) is 9.88 Å². The summed E-state index contributed by atoms with van der Waals surface area (Å²) in [5.41, 5.74) is 2.78. The number of hydrogen-bond donors (Lipinski definition) is 0. The molecule has 0 aliphatic carbocycles. The Balaban J connectivity index is 1.58. The summed E-state index contributed by atoms with van der Waals surface area (Å²) in [6, 6.07) is 8.60. The average Bonchev–Trinajstić information content (AvgIpc) is 2.86. The molecule has 3 rings (SSSR count). The average molecular weight is 269 g/mol. The lowest BCUT2D eigenvalue weighted by Crippen LogP contribution is -2.36. The van der Waals surface area contributed by atoms with Gasteiger partial charge < -0.3 is 4.57 Å². The molecule has 1 atom stereocenters. The van der Waals surface area contributed by atoms with E-state index in [2.05, 4.69) is 45.9 Å². The third kappa shape index (κ3) is 3.28. The molecule has 2 aromatic rings. The van der Waals surface area contributed by atoms with Crippen molar-refractivity contribution >= 4 is 0 Å². The van der Waals surface area contributed by atoms with Gasteiger partial charge in [-0.2, -0.15) is 0 Å². The molecule has 0 N–H and O–H groups in total. The maximum absolute atomic E-state index is 4.22. The lowest BCUT2D eigenvalue weighted by molar-refractivity contribution is 0.164. The number of pyridine rings is 1. The first-order valence-corrected chi connectivity index (χ1v) is 7.53. The fourth-order valence-corrected chi connectivity index (χ4v) is 3.20. The largest absolute Gasteiger partial charge is 0.353 e. The minimum atomic E-state index is 0.771. The zero-order valence-electron chi connectivity index (χ0n) is 12.2. The number of aromatic nitrogens is 2. The summed E-state index contributed by atoms with van der Waals surface area (Å²) >= 11 is 0. The Hall–Kier alpha value is -1.61. The van der Waals surface area contributed by atoms with Gasteiger partial charge in [0.2, 0.25) is 0 Å². The molecule has 0 radical (unpaired) electrons. The summed E-state index contributed by atoms with van der Waals surface area (Å²) in [6.07, 6.45) is 9.82. The van der Waals surface area contributed by atoms with Crippen LogP contribution < -0.4 is 0 Å². The molecule has 2 aromatic heterocycles. The van der Waals surface area contributed by atoms with Crippen LogP contribution in [-0.4, -0.2) is 27.5 Å². The van der Waals surface area contributed by atoms with Crippen LogP contribution in [0.1, 0.15) is 24.1 Å². The minimum Gasteiger partial charge on any atom is -0.353 e. The zero-order chi connectivity index (χ0) is 13.8. The van der Waals surface area contributed by atoms with Crippen molar-refractivity contribution in [3.05, 3.63) is 54.1 Å². The van der Waals surface area contributed by atoms with E-state index in [4.69, 9.17) is 0 Å². The van der Waals surface area contributed by atoms with Gasteiger partial charge in [-0.05, 0) is 55.5 Å². The van der Waals surface area contributed by atoms with Crippen molar-refractivity contribution in [2.75, 3.05) is 13.1 Å². The molecule has 1 aliphatic rings. The van der Waals surface area contributed by atoms with E-state index in [9.17, 15) is 0 Å². The van der Waals surface area contributed by atoms with E-state index < -0.39 is 0 Å². The summed E-state index contributed by atoms with van der Waals surface area (Å²) < 4.78 is 2.23. The van der Waals surface area contributed by atoms with Gasteiger partial charge in [0.1, 0.15) is 0 Å². The highest BCUT2D eigenvalue weighted by Gasteiger charge is 2.20. The SMILES string of the molecule is Cn1cccc1CN1CCC[C@@H](Cc2cccnc2)C1. The Morgan fingerprint density at radius 3 is 3.00 bits per heavy atom. The second-order valence-corrected chi connectivity index (χ2v) is 5.92. The van der Waals surface area contributed by atoms with E-state index in [1.807, 2.05) is 18.5 Å². The number of hydrogen-bond acceptors (Lipinski definition) is 2. The Morgan fingerprint density at radius 2 is 2.25 bits per heavy atom. The molecule has 0 saturated carbocycles. The molecule has 20 heavy (non-hydrogen) atoms. The van der Waals surface area contributed by atoms with Crippen LogP contribution >= 0.6 is 0 Å². The van der Waals surface area contributed by atoms with Crippen molar-refractivity contribution in [1.82, 2.24) is 14.5 Å². The summed E-state index contributed by atoms with van der Waals surface area (Å²) in [7, 11) is 2.13. The molecule has 106 valence electrons. The first-order valence-electron chi connectivity index (χ1n) is 7.53. The van der Waals surface area contributed by atoms with Crippen LogP contribution in [0.5, 0.6) is 0 Å². The van der Waals surface area contributed by atoms with Gasteiger partial charge in [-0.1, -0.05) is 6.07 Å². The fraction of sp³-hybridized carbons (Fsp3) is 0.471. The van der Waals surface area contributed by atoms with Crippen LogP contribution in [0.2, 0.25) is 0 Å². The third-order valence-electron chi connectivity index (χ3n) is 4.29. The molecule has 1 fully saturated rings. The van der Waals surface area contributed by atoms with Crippen molar-refractivity contribution in [3.63, 3.8) is 0 Å². The van der Waals surface area contributed by atoms with E-state index in [1.54, 1.807) is 0 Å². The molecule has 1 aliphatic heterocycles. The highest BCUT2D eigenvalue weighted by Crippen LogP contribution is 2.22. The molecule has 0 amide bonds. The van der Waals surface area contributed by atoms with E-state index >= 15 is 0 Å². The second-order valence-electron chi connectivity index (χ2n) is 5.92. The van der Waals surface area contributed by atoms with Gasteiger partial charge in [0.25, 0.3) is 0 Å². The van der Waals surface area contributed by atoms with Crippen LogP contribution in [-0.2, 0) is 20.0 Å². The highest BCUT2D eigenvalue weighted by atomic mass is 15.1. The first kappa shape index (κ1) is 13.4. The number of piperidine rings is 1. The van der Waals surface area contributed by atoms with Crippen molar-refractivity contribution in [1.29, 1.82) is 0 Å². The smallest absolute Gasteiger partial charge is 0.0387 e. The normalized spacial score (nSPS) is 20.1. The van der Waals surface area contributed by atoms with E-state index in [0.717, 1.165) is 18.9 Å². The Labute approximate surface area is 121 Å². The summed E-state index contributed by atoms with van der Waals surface area (Å²) in [4.78, 5) is 6.82. The van der Waals surface area contributed by atoms with E-state index in [0.29, 0.717) is 0 Å². The first-order chi connectivity index (χ1) is 9.81. The van der Waals surface area contributed by atoms with Crippen LogP contribution in [0.15, 0.2) is 42.9 Å². The zero-order valence-corrected chi connectivity index (χ0v) is 12.2. The van der Waals surface area contributed by atoms with E-state index in [1.165, 1.54) is 37.2 Å². The lowest BCUT2D eigenvalue weighted by Gasteiger charge is -2.32. The van der Waals surface area contributed by atoms with Gasteiger partial charge in [0.05, 0.1) is 0 Å². The molecular formula is C17H23N3. The Morgan fingerprint density at radius 1 is 1.30 bits per heavy atom. The van der Waals surface area contributed by atoms with Gasteiger partial charge in [0, 0.05) is 44.4 Å². The van der Waals surface area contributed by atoms with Crippen LogP contribution in [0.25, 0.3) is 0 Å². The summed E-state index contributed by atoms with van der Waals surface area (Å²) in [5.74, 6) is 0.771. The number of rotatable bonds is 4. The van der Waals surface area contributed by atoms with Gasteiger partial charge in [-0.15, -0.1) is 0 Å². The monoisotopic (exact) mass is 269 g/mol. The molecule has 3 heterocycles. The molecular weight excluding hydrogens is 246 g/mol. The summed E-state index contributed by atoms with van der Waals surface area (Å²) in [6.45, 7) is 3.52. The van der Waals surface area contributed by atoms with Gasteiger partial charge in [-0.25, -0.2) is 0 Å². The van der Waals surface area contributed by atoms with Crippen molar-refractivity contribution in [2.45, 2.75) is 25.8 Å². The fourth-order valence-electron chi connectivity index (χ4n) is 3.20. The highest BCUT2D eigenvalue weighted by molar-refractivity contribution is 5.10. The Bertz CT molecular complexity index is 532. The predicted molar refractivity (Wildman–Crippen MR) is 81.4 cm³/mol. The lowest BCUT2D eigenvalue weighted by atomic mass is 9.92. The maximum Gasteiger partial charge on any atom is 0.0387 e.